The molecule has 0 bridgehead atoms. The first kappa shape index (κ1) is 18.1. The maximum atomic E-state index is 11.3. The molecule has 0 fully saturated rings. The van der Waals surface area contributed by atoms with Crippen LogP contribution in [-0.2, 0) is 11.3 Å². The fourth-order valence-electron chi connectivity index (χ4n) is 1.91. The van der Waals surface area contributed by atoms with Gasteiger partial charge in [-0.05, 0) is 36.6 Å². The third-order valence-corrected chi connectivity index (χ3v) is 5.32. The third kappa shape index (κ3) is 4.87. The highest BCUT2D eigenvalue weighted by Crippen LogP contribution is 2.29. The monoisotopic (exact) mass is 373 g/mol. The molecule has 0 unspecified atom stereocenters. The second kappa shape index (κ2) is 8.05. The molecular weight excluding hydrogens is 357 g/mol. The Bertz CT molecular complexity index is 756. The maximum Gasteiger partial charge on any atom is 0.391 e. The van der Waals surface area contributed by atoms with E-state index in [2.05, 4.69) is 4.99 Å². The predicted octanol–water partition coefficient (Wildman–Crippen LogP) is 1.91. The summed E-state index contributed by atoms with van der Waals surface area (Å²) in [6.45, 7) is 3.85. The minimum absolute atomic E-state index is 0.267. The number of carbonyl (C=O) groups excluding carboxylic acids is 1. The van der Waals surface area contributed by atoms with Gasteiger partial charge in [0.2, 0.25) is 5.91 Å². The van der Waals surface area contributed by atoms with E-state index in [-0.39, 0.29) is 5.91 Å². The zero-order valence-electron chi connectivity index (χ0n) is 12.5. The van der Waals surface area contributed by atoms with E-state index < -0.39 is 8.60 Å². The van der Waals surface area contributed by atoms with Gasteiger partial charge >= 0.3 is 8.60 Å². The van der Waals surface area contributed by atoms with E-state index >= 15 is 0 Å². The highest BCUT2D eigenvalue weighted by atomic mass is 32.2. The van der Waals surface area contributed by atoms with Crippen LogP contribution >= 0.6 is 31.9 Å². The first-order valence-electron chi connectivity index (χ1n) is 6.47. The Morgan fingerprint density at radius 2 is 2.09 bits per heavy atom. The van der Waals surface area contributed by atoms with E-state index in [1.807, 2.05) is 23.6 Å². The molecule has 1 aromatic heterocycles. The van der Waals surface area contributed by atoms with E-state index in [4.69, 9.17) is 19.4 Å². The van der Waals surface area contributed by atoms with Crippen LogP contribution < -0.4 is 14.5 Å². The summed E-state index contributed by atoms with van der Waals surface area (Å²) in [5.41, 5.74) is 1.90. The van der Waals surface area contributed by atoms with Crippen molar-refractivity contribution in [2.75, 3.05) is 0 Å². The number of aromatic nitrogens is 1. The fourth-order valence-corrected chi connectivity index (χ4v) is 3.83. The van der Waals surface area contributed by atoms with Crippen molar-refractivity contribution < 1.29 is 19.1 Å². The zero-order valence-corrected chi connectivity index (χ0v) is 15.0. The van der Waals surface area contributed by atoms with Crippen molar-refractivity contribution in [1.29, 1.82) is 0 Å². The topological polar surface area (TPSA) is 110 Å². The van der Waals surface area contributed by atoms with Crippen LogP contribution in [0.25, 0.3) is 0 Å². The van der Waals surface area contributed by atoms with Gasteiger partial charge in [-0.3, -0.25) is 9.93 Å². The molecule has 4 N–H and O–H groups in total. The summed E-state index contributed by atoms with van der Waals surface area (Å²) in [5, 5.41) is 5.65. The third-order valence-electron chi connectivity index (χ3n) is 2.93. The molecule has 1 amide bonds. The average molecular weight is 373 g/mol. The number of rotatable bonds is 5. The summed E-state index contributed by atoms with van der Waals surface area (Å²) in [4.78, 5) is 33.6. The van der Waals surface area contributed by atoms with Crippen molar-refractivity contribution >= 4 is 37.8 Å². The number of amides is 1. The molecule has 10 heteroatoms. The standard InChI is InChI=1S/C13H16N3O4PS2/c1-8-12(23-14)22-13(15-9(2)17)16(8)7-10-3-5-11(6-4-10)20-21(18)19/h3-6,18-19H,7,14H2,1-2H3. The SMILES string of the molecule is CC(=O)N=c1sc(SN)c(C)n1Cc1ccc(OP(O)O)cc1. The van der Waals surface area contributed by atoms with Crippen molar-refractivity contribution in [2.24, 2.45) is 10.1 Å². The van der Waals surface area contributed by atoms with Crippen LogP contribution in [0.4, 0.5) is 0 Å². The molecule has 0 aliphatic carbocycles. The Balaban J connectivity index is 2.32. The van der Waals surface area contributed by atoms with Gasteiger partial charge in [-0.2, -0.15) is 4.99 Å². The van der Waals surface area contributed by atoms with Gasteiger partial charge in [0.05, 0.1) is 10.8 Å². The molecule has 0 saturated carbocycles. The van der Waals surface area contributed by atoms with E-state index in [1.165, 1.54) is 18.3 Å². The lowest BCUT2D eigenvalue weighted by Gasteiger charge is -2.09. The molecule has 2 aromatic rings. The lowest BCUT2D eigenvalue weighted by atomic mass is 10.2. The smallest absolute Gasteiger partial charge is 0.391 e. The molecule has 0 radical (unpaired) electrons. The van der Waals surface area contributed by atoms with Crippen molar-refractivity contribution in [3.63, 3.8) is 0 Å². The number of hydrogen-bond acceptors (Lipinski definition) is 7. The van der Waals surface area contributed by atoms with Gasteiger partial charge in [0.25, 0.3) is 0 Å². The normalized spacial score (nSPS) is 12.0. The van der Waals surface area contributed by atoms with Crippen molar-refractivity contribution in [3.8, 4) is 5.75 Å². The van der Waals surface area contributed by atoms with Crippen LogP contribution in [0, 0.1) is 6.92 Å². The molecule has 1 aromatic carbocycles. The lowest BCUT2D eigenvalue weighted by molar-refractivity contribution is -0.116. The number of nitrogens with zero attached hydrogens (tertiary/aromatic N) is 2. The molecule has 0 saturated heterocycles. The molecule has 23 heavy (non-hydrogen) atoms. The molecule has 7 nitrogen and oxygen atoms in total. The van der Waals surface area contributed by atoms with Crippen LogP contribution in [0.3, 0.4) is 0 Å². The summed E-state index contributed by atoms with van der Waals surface area (Å²) in [6.07, 6.45) is 0. The number of nitrogens with two attached hydrogens (primary N) is 1. The van der Waals surface area contributed by atoms with Crippen LogP contribution in [0.2, 0.25) is 0 Å². The predicted molar refractivity (Wildman–Crippen MR) is 90.9 cm³/mol. The Labute approximate surface area is 142 Å². The number of carbonyl (C=O) groups is 1. The Kier molecular flexibility index (Phi) is 6.34. The van der Waals surface area contributed by atoms with Gasteiger partial charge in [0.1, 0.15) is 5.75 Å². The van der Waals surface area contributed by atoms with Crippen molar-refractivity contribution in [2.45, 2.75) is 24.6 Å². The first-order valence-corrected chi connectivity index (χ1v) is 9.34. The molecule has 0 spiro atoms. The van der Waals surface area contributed by atoms with Crippen LogP contribution in [0.1, 0.15) is 18.2 Å². The van der Waals surface area contributed by atoms with Crippen molar-refractivity contribution in [3.05, 3.63) is 40.3 Å². The molecule has 0 atom stereocenters. The quantitative estimate of drug-likeness (QED) is 0.545. The second-order valence-corrected chi connectivity index (χ2v) is 7.15. The maximum absolute atomic E-state index is 11.3. The van der Waals surface area contributed by atoms with E-state index in [0.29, 0.717) is 17.1 Å². The zero-order chi connectivity index (χ0) is 17.0. The van der Waals surface area contributed by atoms with Crippen LogP contribution in [-0.4, -0.2) is 20.3 Å². The summed E-state index contributed by atoms with van der Waals surface area (Å²) >= 11 is 2.50. The lowest BCUT2D eigenvalue weighted by Crippen LogP contribution is -2.18. The van der Waals surface area contributed by atoms with Gasteiger partial charge in [-0.25, -0.2) is 0 Å². The minimum atomic E-state index is -2.43. The molecule has 124 valence electrons. The summed E-state index contributed by atoms with van der Waals surface area (Å²) in [5.74, 6) is 0.111. The number of benzene rings is 1. The molecule has 2 rings (SSSR count). The summed E-state index contributed by atoms with van der Waals surface area (Å²) < 4.78 is 7.65. The minimum Gasteiger partial charge on any atom is -0.427 e. The van der Waals surface area contributed by atoms with E-state index in [1.54, 1.807) is 12.1 Å². The van der Waals surface area contributed by atoms with Gasteiger partial charge in [0.15, 0.2) is 4.80 Å². The fraction of sp³-hybridized carbons (Fsp3) is 0.231. The second-order valence-electron chi connectivity index (χ2n) is 4.58. The Morgan fingerprint density at radius 1 is 1.43 bits per heavy atom. The largest absolute Gasteiger partial charge is 0.427 e. The number of thiazole rings is 1. The van der Waals surface area contributed by atoms with Crippen molar-refractivity contribution in [1.82, 2.24) is 4.57 Å². The van der Waals surface area contributed by atoms with E-state index in [9.17, 15) is 4.79 Å². The Morgan fingerprint density at radius 3 is 2.61 bits per heavy atom. The first-order chi connectivity index (χ1) is 10.9. The van der Waals surface area contributed by atoms with Gasteiger partial charge < -0.3 is 18.9 Å². The summed E-state index contributed by atoms with van der Waals surface area (Å²) in [6, 6.07) is 6.93. The van der Waals surface area contributed by atoms with Crippen LogP contribution in [0.5, 0.6) is 5.75 Å². The number of hydrogen-bond donors (Lipinski definition) is 3. The average Bonchev–Trinajstić information content (AvgIpc) is 2.76. The molecule has 0 aliphatic heterocycles. The van der Waals surface area contributed by atoms with Crippen LogP contribution in [0.15, 0.2) is 33.5 Å². The van der Waals surface area contributed by atoms with Gasteiger partial charge in [-0.15, -0.1) is 0 Å². The highest BCUT2D eigenvalue weighted by molar-refractivity contribution is 7.99. The molecule has 0 aliphatic rings. The summed E-state index contributed by atoms with van der Waals surface area (Å²) in [7, 11) is -2.43. The Hall–Kier alpha value is -1.22. The highest BCUT2D eigenvalue weighted by Gasteiger charge is 2.11. The van der Waals surface area contributed by atoms with Gasteiger partial charge in [-0.1, -0.05) is 23.5 Å². The van der Waals surface area contributed by atoms with E-state index in [0.717, 1.165) is 27.4 Å². The molecular formula is C13H16N3O4PS2. The molecule has 1 heterocycles. The van der Waals surface area contributed by atoms with Gasteiger partial charge in [0, 0.05) is 12.6 Å².